The molecule has 0 unspecified atom stereocenters. The van der Waals surface area contributed by atoms with Crippen LogP contribution in [-0.4, -0.2) is 46.7 Å². The number of hydrogen-bond acceptors (Lipinski definition) is 3. The summed E-state index contributed by atoms with van der Waals surface area (Å²) in [5, 5.41) is 19.2. The van der Waals surface area contributed by atoms with Crippen molar-refractivity contribution in [1.82, 2.24) is 9.47 Å². The fraction of sp³-hybridized carbons (Fsp3) is 0.267. The number of anilines is 1. The molecule has 1 aliphatic heterocycles. The minimum absolute atomic E-state index is 0.146. The minimum Gasteiger partial charge on any atom is -0.465 e. The Bertz CT molecular complexity index is 966. The average Bonchev–Trinajstić information content (AvgIpc) is 2.86. The highest BCUT2D eigenvalue weighted by Gasteiger charge is 2.32. The molecule has 0 fully saturated rings. The van der Waals surface area contributed by atoms with Crippen LogP contribution in [0.25, 0.3) is 10.9 Å². The van der Waals surface area contributed by atoms with Gasteiger partial charge in [-0.1, -0.05) is 23.2 Å². The van der Waals surface area contributed by atoms with Crippen molar-refractivity contribution in [2.75, 3.05) is 25.0 Å². The lowest BCUT2D eigenvalue weighted by Gasteiger charge is -2.25. The van der Waals surface area contributed by atoms with Crippen LogP contribution in [0.4, 0.5) is 10.5 Å². The first-order valence-electron chi connectivity index (χ1n) is 7.12. The van der Waals surface area contributed by atoms with Crippen molar-refractivity contribution in [1.29, 1.82) is 5.26 Å². The van der Waals surface area contributed by atoms with Crippen LogP contribution in [0.15, 0.2) is 10.5 Å². The lowest BCUT2D eigenvalue weighted by atomic mass is 10.2. The number of likely N-dealkylation sites (N-methyl/N-ethyl adjacent to an activating group) is 1. The van der Waals surface area contributed by atoms with Gasteiger partial charge in [0.25, 0.3) is 5.91 Å². The van der Waals surface area contributed by atoms with Gasteiger partial charge in [-0.25, -0.2) is 4.79 Å². The third kappa shape index (κ3) is 2.63. The second-order valence-electron chi connectivity index (χ2n) is 5.48. The lowest BCUT2D eigenvalue weighted by molar-refractivity contribution is 0.0750. The van der Waals surface area contributed by atoms with Crippen LogP contribution in [0.5, 0.6) is 0 Å². The molecule has 130 valence electrons. The van der Waals surface area contributed by atoms with Gasteiger partial charge < -0.3 is 14.6 Å². The molecule has 1 N–H and O–H groups in total. The van der Waals surface area contributed by atoms with E-state index in [0.717, 1.165) is 4.90 Å². The maximum Gasteiger partial charge on any atom is 0.412 e. The second kappa shape index (κ2) is 6.41. The van der Waals surface area contributed by atoms with E-state index in [9.17, 15) is 14.7 Å². The van der Waals surface area contributed by atoms with E-state index >= 15 is 0 Å². The van der Waals surface area contributed by atoms with Gasteiger partial charge in [0.2, 0.25) is 0 Å². The predicted molar refractivity (Wildman–Crippen MR) is 97.6 cm³/mol. The van der Waals surface area contributed by atoms with Gasteiger partial charge in [0.05, 0.1) is 31.8 Å². The van der Waals surface area contributed by atoms with Crippen LogP contribution < -0.4 is 4.90 Å². The van der Waals surface area contributed by atoms with Crippen LogP contribution in [-0.2, 0) is 6.54 Å². The summed E-state index contributed by atoms with van der Waals surface area (Å²) in [5.41, 5.74) is 1.04. The summed E-state index contributed by atoms with van der Waals surface area (Å²) in [5.74, 6) is -0.213. The van der Waals surface area contributed by atoms with Crippen LogP contribution in [0.1, 0.15) is 10.5 Å². The second-order valence-corrected chi connectivity index (χ2v) is 7.06. The molecule has 0 radical (unpaired) electrons. The smallest absolute Gasteiger partial charge is 0.412 e. The van der Waals surface area contributed by atoms with Crippen molar-refractivity contribution in [2.45, 2.75) is 6.54 Å². The summed E-state index contributed by atoms with van der Waals surface area (Å²) < 4.78 is 2.16. The average molecular weight is 446 g/mol. The molecule has 0 saturated carbocycles. The van der Waals surface area contributed by atoms with Gasteiger partial charge in [-0.15, -0.1) is 0 Å². The molecule has 25 heavy (non-hydrogen) atoms. The number of amides is 2. The highest BCUT2D eigenvalue weighted by Crippen LogP contribution is 2.45. The third-order valence-electron chi connectivity index (χ3n) is 4.10. The van der Waals surface area contributed by atoms with Crippen molar-refractivity contribution in [3.05, 3.63) is 26.3 Å². The maximum atomic E-state index is 12.6. The zero-order valence-corrected chi connectivity index (χ0v) is 16.0. The zero-order chi connectivity index (χ0) is 18.5. The Hall–Kier alpha value is -1.95. The van der Waals surface area contributed by atoms with Crippen LogP contribution in [0.3, 0.4) is 0 Å². The number of halogens is 3. The zero-order valence-electron chi connectivity index (χ0n) is 12.9. The van der Waals surface area contributed by atoms with E-state index in [1.807, 2.05) is 6.07 Å². The van der Waals surface area contributed by atoms with Gasteiger partial charge in [0.1, 0.15) is 12.2 Å². The summed E-state index contributed by atoms with van der Waals surface area (Å²) >= 11 is 16.0. The van der Waals surface area contributed by atoms with Gasteiger partial charge in [-0.2, -0.15) is 5.26 Å². The first-order chi connectivity index (χ1) is 11.8. The largest absolute Gasteiger partial charge is 0.465 e. The van der Waals surface area contributed by atoms with Crippen LogP contribution >= 0.6 is 39.1 Å². The van der Waals surface area contributed by atoms with E-state index < -0.39 is 6.09 Å². The molecule has 3 rings (SSSR count). The summed E-state index contributed by atoms with van der Waals surface area (Å²) in [7, 11) is 1.69. The molecule has 0 bridgehead atoms. The summed E-state index contributed by atoms with van der Waals surface area (Å²) in [4.78, 5) is 26.6. The number of benzene rings is 1. The quantitative estimate of drug-likeness (QED) is 0.711. The Balaban J connectivity index is 2.44. The molecular weight excluding hydrogens is 435 g/mol. The normalized spacial score (nSPS) is 13.7. The molecule has 2 heterocycles. The van der Waals surface area contributed by atoms with Gasteiger partial charge in [-0.05, 0) is 22.0 Å². The van der Waals surface area contributed by atoms with Crippen LogP contribution in [0, 0.1) is 11.3 Å². The van der Waals surface area contributed by atoms with Crippen molar-refractivity contribution in [3.8, 4) is 6.07 Å². The Morgan fingerprint density at radius 3 is 2.76 bits per heavy atom. The fourth-order valence-corrected chi connectivity index (χ4v) is 4.14. The molecule has 1 aliphatic rings. The third-order valence-corrected chi connectivity index (χ3v) is 5.65. The number of carbonyl (C=O) groups excluding carboxylic acids is 1. The maximum absolute atomic E-state index is 12.6. The molecule has 10 heteroatoms. The van der Waals surface area contributed by atoms with Crippen molar-refractivity contribution < 1.29 is 14.7 Å². The summed E-state index contributed by atoms with van der Waals surface area (Å²) in [6.07, 6.45) is -1.30. The van der Waals surface area contributed by atoms with E-state index in [2.05, 4.69) is 15.9 Å². The molecule has 1 aromatic heterocycles. The van der Waals surface area contributed by atoms with E-state index in [-0.39, 0.29) is 28.2 Å². The molecule has 1 aromatic carbocycles. The van der Waals surface area contributed by atoms with E-state index in [0.29, 0.717) is 34.2 Å². The van der Waals surface area contributed by atoms with E-state index in [1.54, 1.807) is 16.5 Å². The highest BCUT2D eigenvalue weighted by molar-refractivity contribution is 9.10. The Morgan fingerprint density at radius 2 is 2.16 bits per heavy atom. The first kappa shape index (κ1) is 17.9. The topological polar surface area (TPSA) is 89.6 Å². The lowest BCUT2D eigenvalue weighted by Crippen LogP contribution is -2.37. The number of carboxylic acid groups (broad SMARTS) is 1. The first-order valence-corrected chi connectivity index (χ1v) is 8.67. The number of aromatic nitrogens is 1. The Labute approximate surface area is 161 Å². The number of fused-ring (bicyclic) bond motifs is 3. The van der Waals surface area contributed by atoms with E-state index in [4.69, 9.17) is 28.5 Å². The number of nitrogens with zero attached hydrogens (tertiary/aromatic N) is 4. The monoisotopic (exact) mass is 444 g/mol. The van der Waals surface area contributed by atoms with Crippen LogP contribution in [0.2, 0.25) is 10.0 Å². The Kier molecular flexibility index (Phi) is 4.58. The van der Waals surface area contributed by atoms with E-state index in [1.165, 1.54) is 6.07 Å². The molecule has 0 atom stereocenters. The minimum atomic E-state index is -1.30. The summed E-state index contributed by atoms with van der Waals surface area (Å²) in [6.45, 7) is 0.592. The van der Waals surface area contributed by atoms with Crippen molar-refractivity contribution >= 4 is 67.7 Å². The number of rotatable bonds is 2. The molecule has 0 spiro atoms. The van der Waals surface area contributed by atoms with Gasteiger partial charge in [-0.3, -0.25) is 9.69 Å². The summed E-state index contributed by atoms with van der Waals surface area (Å²) in [6, 6.07) is 3.21. The molecular formula is C15H11BrCl2N4O3. The molecule has 7 nitrogen and oxygen atoms in total. The standard InChI is InChI=1S/C15H11BrCl2N4O3/c1-20-4-5-22-12-9(10(16)13(22)14(20)23)8(6-7(17)11(12)18)21(3-2-19)15(24)25/h6H,3-5H2,1H3,(H,24,25). The van der Waals surface area contributed by atoms with Gasteiger partial charge in [0, 0.05) is 25.5 Å². The fourth-order valence-electron chi connectivity index (χ4n) is 2.92. The number of nitriles is 1. The molecule has 2 amide bonds. The molecule has 0 aliphatic carbocycles. The molecule has 0 saturated heterocycles. The molecule has 2 aromatic rings. The predicted octanol–water partition coefficient (Wildman–Crippen LogP) is 3.80. The van der Waals surface area contributed by atoms with Crippen molar-refractivity contribution in [3.63, 3.8) is 0 Å². The van der Waals surface area contributed by atoms with Gasteiger partial charge >= 0.3 is 6.09 Å². The van der Waals surface area contributed by atoms with Gasteiger partial charge in [0.15, 0.2) is 0 Å². The Morgan fingerprint density at radius 1 is 1.48 bits per heavy atom. The van der Waals surface area contributed by atoms with Crippen molar-refractivity contribution in [2.24, 2.45) is 0 Å². The number of hydrogen-bond donors (Lipinski definition) is 1. The highest BCUT2D eigenvalue weighted by atomic mass is 79.9. The number of carbonyl (C=O) groups is 2. The SMILES string of the molecule is CN1CCn2c(c(Br)c3c(N(CC#N)C(=O)O)cc(Cl)c(Cl)c32)C1=O.